The first-order valence-corrected chi connectivity index (χ1v) is 8.01. The number of carbonyl (C=O) groups is 1. The summed E-state index contributed by atoms with van der Waals surface area (Å²) in [5.41, 5.74) is 3.58. The van der Waals surface area contributed by atoms with Gasteiger partial charge in [-0.1, -0.05) is 29.8 Å². The van der Waals surface area contributed by atoms with E-state index in [9.17, 15) is 9.18 Å². The first-order chi connectivity index (χ1) is 12.0. The Labute approximate surface area is 145 Å². The summed E-state index contributed by atoms with van der Waals surface area (Å²) in [6.07, 6.45) is 0.688. The van der Waals surface area contributed by atoms with Crippen molar-refractivity contribution in [2.75, 3.05) is 5.32 Å². The first kappa shape index (κ1) is 16.8. The molecule has 0 aliphatic carbocycles. The van der Waals surface area contributed by atoms with Crippen molar-refractivity contribution in [3.63, 3.8) is 0 Å². The highest BCUT2D eigenvalue weighted by Gasteiger charge is 2.11. The third-order valence-corrected chi connectivity index (χ3v) is 3.85. The highest BCUT2D eigenvalue weighted by atomic mass is 19.1. The number of halogens is 1. The van der Waals surface area contributed by atoms with Crippen LogP contribution in [-0.4, -0.2) is 21.1 Å². The van der Waals surface area contributed by atoms with Crippen molar-refractivity contribution in [2.24, 2.45) is 0 Å². The number of H-pyrrole nitrogens is 1. The van der Waals surface area contributed by atoms with Crippen LogP contribution in [0.25, 0.3) is 0 Å². The molecule has 6 heteroatoms. The number of benzene rings is 2. The van der Waals surface area contributed by atoms with Crippen LogP contribution in [-0.2, 0) is 17.6 Å². The van der Waals surface area contributed by atoms with Crippen LogP contribution in [0.5, 0.6) is 0 Å². The molecule has 2 aromatic carbocycles. The molecule has 2 N–H and O–H groups in total. The summed E-state index contributed by atoms with van der Waals surface area (Å²) in [7, 11) is 0. The van der Waals surface area contributed by atoms with Crippen molar-refractivity contribution in [1.82, 2.24) is 15.2 Å². The largest absolute Gasteiger partial charge is 0.325 e. The molecule has 3 aromatic rings. The summed E-state index contributed by atoms with van der Waals surface area (Å²) in [5, 5.41) is 9.71. The van der Waals surface area contributed by atoms with Gasteiger partial charge in [0.2, 0.25) is 5.91 Å². The maximum atomic E-state index is 13.1. The minimum absolute atomic E-state index is 0.0568. The Kier molecular flexibility index (Phi) is 4.88. The maximum absolute atomic E-state index is 13.1. The van der Waals surface area contributed by atoms with Crippen LogP contribution < -0.4 is 5.32 Å². The van der Waals surface area contributed by atoms with Crippen LogP contribution in [0.2, 0.25) is 0 Å². The lowest BCUT2D eigenvalue weighted by Crippen LogP contribution is -2.16. The lowest BCUT2D eigenvalue weighted by molar-refractivity contribution is -0.115. The van der Waals surface area contributed by atoms with Crippen molar-refractivity contribution in [2.45, 2.75) is 26.7 Å². The lowest BCUT2D eigenvalue weighted by Gasteiger charge is -2.07. The Balaban J connectivity index is 1.60. The van der Waals surface area contributed by atoms with Gasteiger partial charge in [-0.05, 0) is 43.2 Å². The van der Waals surface area contributed by atoms with E-state index in [1.165, 1.54) is 17.7 Å². The normalized spacial score (nSPS) is 10.7. The Bertz CT molecular complexity index is 887. The SMILES string of the molecule is Cc1ccc(Cc2nc(CC(=O)Nc3ccc(F)cc3C)n[nH]2)cc1. The van der Waals surface area contributed by atoms with Gasteiger partial charge in [-0.2, -0.15) is 5.10 Å². The van der Waals surface area contributed by atoms with E-state index in [1.54, 1.807) is 13.0 Å². The third kappa shape index (κ3) is 4.50. The van der Waals surface area contributed by atoms with Crippen LogP contribution in [0, 0.1) is 19.7 Å². The van der Waals surface area contributed by atoms with Gasteiger partial charge in [0, 0.05) is 12.1 Å². The van der Waals surface area contributed by atoms with Gasteiger partial charge in [-0.25, -0.2) is 9.37 Å². The third-order valence-electron chi connectivity index (χ3n) is 3.85. The van der Waals surface area contributed by atoms with E-state index in [2.05, 4.69) is 20.5 Å². The number of rotatable bonds is 5. The van der Waals surface area contributed by atoms with Gasteiger partial charge >= 0.3 is 0 Å². The van der Waals surface area contributed by atoms with E-state index in [-0.39, 0.29) is 18.1 Å². The van der Waals surface area contributed by atoms with Crippen LogP contribution >= 0.6 is 0 Å². The summed E-state index contributed by atoms with van der Waals surface area (Å²) < 4.78 is 13.1. The van der Waals surface area contributed by atoms with Crippen LogP contribution in [0.1, 0.15) is 28.3 Å². The number of anilines is 1. The molecule has 128 valence electrons. The monoisotopic (exact) mass is 338 g/mol. The van der Waals surface area contributed by atoms with E-state index in [0.717, 1.165) is 5.56 Å². The predicted octanol–water partition coefficient (Wildman–Crippen LogP) is 3.33. The zero-order valence-electron chi connectivity index (χ0n) is 14.1. The van der Waals surface area contributed by atoms with Gasteiger partial charge in [-0.15, -0.1) is 0 Å². The Morgan fingerprint density at radius 3 is 2.64 bits per heavy atom. The average Bonchev–Trinajstić information content (AvgIpc) is 2.99. The molecule has 3 rings (SSSR count). The van der Waals surface area contributed by atoms with Gasteiger partial charge in [0.15, 0.2) is 5.82 Å². The molecule has 1 heterocycles. The fourth-order valence-electron chi connectivity index (χ4n) is 2.50. The van der Waals surface area contributed by atoms with Crippen molar-refractivity contribution in [1.29, 1.82) is 0 Å². The van der Waals surface area contributed by atoms with E-state index in [1.807, 2.05) is 31.2 Å². The van der Waals surface area contributed by atoms with Gasteiger partial charge < -0.3 is 5.32 Å². The second-order valence-corrected chi connectivity index (χ2v) is 6.04. The topological polar surface area (TPSA) is 70.7 Å². The van der Waals surface area contributed by atoms with E-state index in [0.29, 0.717) is 29.3 Å². The number of aromatic amines is 1. The average molecular weight is 338 g/mol. The summed E-state index contributed by atoms with van der Waals surface area (Å²) in [5.74, 6) is 0.574. The summed E-state index contributed by atoms with van der Waals surface area (Å²) in [6.45, 7) is 3.78. The number of hydrogen-bond donors (Lipinski definition) is 2. The predicted molar refractivity (Wildman–Crippen MR) is 93.8 cm³/mol. The zero-order valence-corrected chi connectivity index (χ0v) is 14.1. The second kappa shape index (κ2) is 7.25. The van der Waals surface area contributed by atoms with Gasteiger partial charge in [0.05, 0.1) is 6.42 Å². The highest BCUT2D eigenvalue weighted by molar-refractivity contribution is 5.92. The number of aryl methyl sites for hydroxylation is 2. The Morgan fingerprint density at radius 1 is 1.16 bits per heavy atom. The van der Waals surface area contributed by atoms with Gasteiger partial charge in [0.25, 0.3) is 0 Å². The molecule has 25 heavy (non-hydrogen) atoms. The molecule has 0 bridgehead atoms. The molecule has 0 spiro atoms. The fraction of sp³-hybridized carbons (Fsp3) is 0.211. The quantitative estimate of drug-likeness (QED) is 0.749. The van der Waals surface area contributed by atoms with Crippen molar-refractivity contribution < 1.29 is 9.18 Å². The van der Waals surface area contributed by atoms with E-state index >= 15 is 0 Å². The number of nitrogens with one attached hydrogen (secondary N) is 2. The van der Waals surface area contributed by atoms with Crippen LogP contribution in [0.3, 0.4) is 0 Å². The molecule has 0 radical (unpaired) electrons. The molecule has 0 aliphatic heterocycles. The molecule has 5 nitrogen and oxygen atoms in total. The number of carbonyl (C=O) groups excluding carboxylic acids is 1. The molecular weight excluding hydrogens is 319 g/mol. The lowest BCUT2D eigenvalue weighted by atomic mass is 10.1. The highest BCUT2D eigenvalue weighted by Crippen LogP contribution is 2.16. The summed E-state index contributed by atoms with van der Waals surface area (Å²) >= 11 is 0. The molecule has 0 unspecified atom stereocenters. The van der Waals surface area contributed by atoms with Gasteiger partial charge in [0.1, 0.15) is 11.6 Å². The van der Waals surface area contributed by atoms with E-state index < -0.39 is 0 Å². The van der Waals surface area contributed by atoms with Crippen molar-refractivity contribution >= 4 is 11.6 Å². The fourth-order valence-corrected chi connectivity index (χ4v) is 2.50. The summed E-state index contributed by atoms with van der Waals surface area (Å²) in [4.78, 5) is 16.5. The smallest absolute Gasteiger partial charge is 0.232 e. The molecule has 1 aromatic heterocycles. The van der Waals surface area contributed by atoms with Gasteiger partial charge in [-0.3, -0.25) is 9.89 Å². The summed E-state index contributed by atoms with van der Waals surface area (Å²) in [6, 6.07) is 12.4. The number of nitrogens with zero attached hydrogens (tertiary/aromatic N) is 2. The molecule has 0 saturated carbocycles. The minimum Gasteiger partial charge on any atom is -0.325 e. The van der Waals surface area contributed by atoms with Crippen molar-refractivity contribution in [3.8, 4) is 0 Å². The first-order valence-electron chi connectivity index (χ1n) is 8.01. The zero-order chi connectivity index (χ0) is 17.8. The number of aromatic nitrogens is 3. The molecule has 0 aliphatic rings. The van der Waals surface area contributed by atoms with E-state index in [4.69, 9.17) is 0 Å². The van der Waals surface area contributed by atoms with Crippen LogP contribution in [0.15, 0.2) is 42.5 Å². The Morgan fingerprint density at radius 2 is 1.92 bits per heavy atom. The van der Waals surface area contributed by atoms with Crippen molar-refractivity contribution in [3.05, 3.63) is 76.6 Å². The molecule has 0 atom stereocenters. The molecule has 0 saturated heterocycles. The standard InChI is InChI=1S/C19H19FN4O/c1-12-3-5-14(6-4-12)10-17-22-18(24-23-17)11-19(25)21-16-8-7-15(20)9-13(16)2/h3-9H,10-11H2,1-2H3,(H,21,25)(H,22,23,24). The van der Waals surface area contributed by atoms with Crippen LogP contribution in [0.4, 0.5) is 10.1 Å². The second-order valence-electron chi connectivity index (χ2n) is 6.04. The number of amides is 1. The molecule has 0 fully saturated rings. The molecule has 1 amide bonds. The Hall–Kier alpha value is -3.02. The number of hydrogen-bond acceptors (Lipinski definition) is 3. The minimum atomic E-state index is -0.329. The molecular formula is C19H19FN4O. The maximum Gasteiger partial charge on any atom is 0.232 e.